The van der Waals surface area contributed by atoms with Crippen LogP contribution in [0.25, 0.3) is 0 Å². The molecule has 0 aromatic carbocycles. The molecule has 0 unspecified atom stereocenters. The predicted octanol–water partition coefficient (Wildman–Crippen LogP) is 0.265. The van der Waals surface area contributed by atoms with Gasteiger partial charge in [-0.3, -0.25) is 4.79 Å². The maximum absolute atomic E-state index is 11.6. The normalized spacial score (nSPS) is 33.8. The number of nitrogens with one attached hydrogen (secondary N) is 2. The lowest BCUT2D eigenvalue weighted by molar-refractivity contribution is -0.128. The third-order valence-electron chi connectivity index (χ3n) is 3.12. The Morgan fingerprint density at radius 2 is 2.08 bits per heavy atom. The Kier molecular flexibility index (Phi) is 1.83. The van der Waals surface area contributed by atoms with E-state index in [1.807, 2.05) is 0 Å². The minimum atomic E-state index is -0.00926. The lowest BCUT2D eigenvalue weighted by atomic mass is 9.77. The van der Waals surface area contributed by atoms with Crippen LogP contribution in [0, 0.1) is 5.41 Å². The molecule has 68 valence electrons. The molecule has 3 heteroatoms. The zero-order chi connectivity index (χ0) is 8.60. The summed E-state index contributed by atoms with van der Waals surface area (Å²) < 4.78 is 0. The lowest BCUT2D eigenvalue weighted by Crippen LogP contribution is -2.41. The molecule has 0 bridgehead atoms. The summed E-state index contributed by atoms with van der Waals surface area (Å²) in [7, 11) is 0. The van der Waals surface area contributed by atoms with Gasteiger partial charge in [0.2, 0.25) is 5.91 Å². The zero-order valence-corrected chi connectivity index (χ0v) is 7.52. The van der Waals surface area contributed by atoms with Gasteiger partial charge >= 0.3 is 0 Å². The second kappa shape index (κ2) is 2.73. The van der Waals surface area contributed by atoms with Gasteiger partial charge in [0.25, 0.3) is 0 Å². The van der Waals surface area contributed by atoms with E-state index in [0.717, 1.165) is 32.4 Å². The quantitative estimate of drug-likeness (QED) is 0.545. The van der Waals surface area contributed by atoms with E-state index in [2.05, 4.69) is 17.6 Å². The number of carbonyl (C=O) groups is 1. The van der Waals surface area contributed by atoms with E-state index in [0.29, 0.717) is 6.04 Å². The van der Waals surface area contributed by atoms with Gasteiger partial charge in [0.15, 0.2) is 0 Å². The van der Waals surface area contributed by atoms with E-state index in [-0.39, 0.29) is 11.3 Å². The molecule has 0 aliphatic carbocycles. The van der Waals surface area contributed by atoms with Crippen molar-refractivity contribution in [3.63, 3.8) is 0 Å². The van der Waals surface area contributed by atoms with Crippen molar-refractivity contribution in [3.8, 4) is 0 Å². The average molecular weight is 168 g/mol. The highest BCUT2D eigenvalue weighted by Crippen LogP contribution is 2.38. The van der Waals surface area contributed by atoms with Crippen molar-refractivity contribution in [1.29, 1.82) is 0 Å². The Morgan fingerprint density at radius 1 is 1.42 bits per heavy atom. The standard InChI is InChI=1S/C9H16N2O/c1-7-6-9(8(12)11-7)2-4-10-5-3-9/h7,10H,2-6H2,1H3,(H,11,12)/t7-/m0/s1. The topological polar surface area (TPSA) is 41.1 Å². The summed E-state index contributed by atoms with van der Waals surface area (Å²) >= 11 is 0. The number of hydrogen-bond donors (Lipinski definition) is 2. The minimum absolute atomic E-state index is 0.00926. The summed E-state index contributed by atoms with van der Waals surface area (Å²) in [5.41, 5.74) is -0.00926. The maximum atomic E-state index is 11.6. The zero-order valence-electron chi connectivity index (χ0n) is 7.52. The van der Waals surface area contributed by atoms with Crippen molar-refractivity contribution < 1.29 is 4.79 Å². The number of carbonyl (C=O) groups excluding carboxylic acids is 1. The van der Waals surface area contributed by atoms with Crippen LogP contribution in [0.15, 0.2) is 0 Å². The van der Waals surface area contributed by atoms with Crippen LogP contribution < -0.4 is 10.6 Å². The predicted molar refractivity (Wildman–Crippen MR) is 46.8 cm³/mol. The molecule has 2 heterocycles. The van der Waals surface area contributed by atoms with Gasteiger partial charge in [0, 0.05) is 6.04 Å². The summed E-state index contributed by atoms with van der Waals surface area (Å²) in [5.74, 6) is 0.288. The molecule has 2 saturated heterocycles. The summed E-state index contributed by atoms with van der Waals surface area (Å²) in [4.78, 5) is 11.6. The Bertz CT molecular complexity index is 197. The highest BCUT2D eigenvalue weighted by Gasteiger charge is 2.45. The van der Waals surface area contributed by atoms with Crippen LogP contribution in [0.2, 0.25) is 0 Å². The lowest BCUT2D eigenvalue weighted by Gasteiger charge is -2.30. The molecule has 2 N–H and O–H groups in total. The first-order valence-corrected chi connectivity index (χ1v) is 4.75. The van der Waals surface area contributed by atoms with Crippen molar-refractivity contribution in [3.05, 3.63) is 0 Å². The average Bonchev–Trinajstić information content (AvgIpc) is 2.29. The minimum Gasteiger partial charge on any atom is -0.353 e. The van der Waals surface area contributed by atoms with Crippen molar-refractivity contribution in [2.24, 2.45) is 5.41 Å². The molecular formula is C9H16N2O. The summed E-state index contributed by atoms with van der Waals surface area (Å²) in [6.07, 6.45) is 3.07. The third-order valence-corrected chi connectivity index (χ3v) is 3.12. The fourth-order valence-electron chi connectivity index (χ4n) is 2.44. The van der Waals surface area contributed by atoms with E-state index in [9.17, 15) is 4.79 Å². The summed E-state index contributed by atoms with van der Waals surface area (Å²) in [6, 6.07) is 0.385. The Morgan fingerprint density at radius 3 is 2.58 bits per heavy atom. The first-order chi connectivity index (χ1) is 5.73. The summed E-state index contributed by atoms with van der Waals surface area (Å²) in [6.45, 7) is 4.09. The number of rotatable bonds is 0. The Hall–Kier alpha value is -0.570. The van der Waals surface area contributed by atoms with E-state index in [4.69, 9.17) is 0 Å². The van der Waals surface area contributed by atoms with Crippen molar-refractivity contribution >= 4 is 5.91 Å². The molecule has 1 amide bonds. The van der Waals surface area contributed by atoms with Gasteiger partial charge < -0.3 is 10.6 Å². The SMILES string of the molecule is C[C@H]1CC2(CCNCC2)C(=O)N1. The molecule has 2 aliphatic heterocycles. The van der Waals surface area contributed by atoms with Crippen LogP contribution in [0.3, 0.4) is 0 Å². The van der Waals surface area contributed by atoms with Gasteiger partial charge in [0.05, 0.1) is 5.41 Å². The van der Waals surface area contributed by atoms with Crippen LogP contribution in [0.4, 0.5) is 0 Å². The van der Waals surface area contributed by atoms with Gasteiger partial charge in [-0.25, -0.2) is 0 Å². The molecule has 12 heavy (non-hydrogen) atoms. The monoisotopic (exact) mass is 168 g/mol. The van der Waals surface area contributed by atoms with E-state index < -0.39 is 0 Å². The van der Waals surface area contributed by atoms with Crippen molar-refractivity contribution in [2.75, 3.05) is 13.1 Å². The smallest absolute Gasteiger partial charge is 0.226 e. The molecule has 2 rings (SSSR count). The van der Waals surface area contributed by atoms with Gasteiger partial charge in [-0.1, -0.05) is 0 Å². The van der Waals surface area contributed by atoms with Crippen LogP contribution in [-0.2, 0) is 4.79 Å². The number of hydrogen-bond acceptors (Lipinski definition) is 2. The van der Waals surface area contributed by atoms with E-state index in [1.54, 1.807) is 0 Å². The molecule has 1 spiro atoms. The highest BCUT2D eigenvalue weighted by molar-refractivity contribution is 5.85. The van der Waals surface area contributed by atoms with Crippen LogP contribution >= 0.6 is 0 Å². The fourth-order valence-corrected chi connectivity index (χ4v) is 2.44. The molecule has 2 fully saturated rings. The van der Waals surface area contributed by atoms with E-state index >= 15 is 0 Å². The second-order valence-electron chi connectivity index (χ2n) is 4.11. The van der Waals surface area contributed by atoms with Crippen LogP contribution in [-0.4, -0.2) is 25.0 Å². The Balaban J connectivity index is 2.13. The van der Waals surface area contributed by atoms with Gasteiger partial charge in [-0.15, -0.1) is 0 Å². The first-order valence-electron chi connectivity index (χ1n) is 4.75. The molecule has 2 aliphatic rings. The highest BCUT2D eigenvalue weighted by atomic mass is 16.2. The molecule has 1 atom stereocenters. The fraction of sp³-hybridized carbons (Fsp3) is 0.889. The van der Waals surface area contributed by atoms with E-state index in [1.165, 1.54) is 0 Å². The molecule has 0 saturated carbocycles. The first kappa shape index (κ1) is 8.05. The van der Waals surface area contributed by atoms with Gasteiger partial charge in [-0.2, -0.15) is 0 Å². The third kappa shape index (κ3) is 1.12. The van der Waals surface area contributed by atoms with Gasteiger partial charge in [0.1, 0.15) is 0 Å². The molecule has 0 aromatic rings. The Labute approximate surface area is 72.9 Å². The van der Waals surface area contributed by atoms with Crippen LogP contribution in [0.5, 0.6) is 0 Å². The van der Waals surface area contributed by atoms with Crippen molar-refractivity contribution in [1.82, 2.24) is 10.6 Å². The summed E-state index contributed by atoms with van der Waals surface area (Å²) in [5, 5.41) is 6.30. The molecular weight excluding hydrogens is 152 g/mol. The molecule has 3 nitrogen and oxygen atoms in total. The molecule has 0 aromatic heterocycles. The van der Waals surface area contributed by atoms with Crippen molar-refractivity contribution in [2.45, 2.75) is 32.2 Å². The second-order valence-corrected chi connectivity index (χ2v) is 4.11. The van der Waals surface area contributed by atoms with Gasteiger partial charge in [-0.05, 0) is 39.3 Å². The number of amides is 1. The molecule has 0 radical (unpaired) electrons. The maximum Gasteiger partial charge on any atom is 0.226 e. The number of piperidine rings is 1. The van der Waals surface area contributed by atoms with Crippen LogP contribution in [0.1, 0.15) is 26.2 Å². The largest absolute Gasteiger partial charge is 0.353 e.